The second-order valence-corrected chi connectivity index (χ2v) is 4.85. The van der Waals surface area contributed by atoms with Crippen LogP contribution in [0.4, 0.5) is 5.69 Å². The van der Waals surface area contributed by atoms with E-state index in [1.54, 1.807) is 14.1 Å². The molecule has 0 fully saturated rings. The fraction of sp³-hybridized carbons (Fsp3) is 0.583. The highest BCUT2D eigenvalue weighted by Crippen LogP contribution is 2.21. The Balaban J connectivity index is 2.57. The predicted octanol–water partition coefficient (Wildman–Crippen LogP) is 0.323. The first-order valence-electron chi connectivity index (χ1n) is 6.16. The van der Waals surface area contributed by atoms with E-state index in [1.165, 1.54) is 4.90 Å². The molecule has 1 heterocycles. The normalized spacial score (nSPS) is 10.6. The number of aromatic nitrogens is 2. The van der Waals surface area contributed by atoms with E-state index in [9.17, 15) is 9.59 Å². The summed E-state index contributed by atoms with van der Waals surface area (Å²) in [5, 5.41) is 9.30. The third-order valence-corrected chi connectivity index (χ3v) is 2.75. The van der Waals surface area contributed by atoms with E-state index in [2.05, 4.69) is 15.5 Å². The van der Waals surface area contributed by atoms with Crippen LogP contribution >= 0.6 is 0 Å². The Kier molecular flexibility index (Phi) is 4.91. The second-order valence-electron chi connectivity index (χ2n) is 4.85. The zero-order valence-corrected chi connectivity index (χ0v) is 11.8. The molecule has 4 N–H and O–H groups in total. The highest BCUT2D eigenvalue weighted by atomic mass is 16.2. The van der Waals surface area contributed by atoms with Crippen LogP contribution in [-0.4, -0.2) is 47.6 Å². The number of nitrogens with two attached hydrogens (primary N) is 1. The molecule has 0 aliphatic rings. The molecular weight excluding hydrogens is 246 g/mol. The summed E-state index contributed by atoms with van der Waals surface area (Å²) in [4.78, 5) is 24.7. The van der Waals surface area contributed by atoms with Crippen LogP contribution in [0.15, 0.2) is 0 Å². The Morgan fingerprint density at radius 1 is 1.42 bits per heavy atom. The topological polar surface area (TPSA) is 104 Å². The monoisotopic (exact) mass is 267 g/mol. The summed E-state index contributed by atoms with van der Waals surface area (Å²) in [6.45, 7) is 4.18. The van der Waals surface area contributed by atoms with Gasteiger partial charge in [0, 0.05) is 27.1 Å². The number of carbonyl (C=O) groups is 2. The van der Waals surface area contributed by atoms with E-state index < -0.39 is 0 Å². The molecule has 19 heavy (non-hydrogen) atoms. The van der Waals surface area contributed by atoms with Crippen LogP contribution in [0.3, 0.4) is 0 Å². The van der Waals surface area contributed by atoms with Crippen LogP contribution in [0.25, 0.3) is 0 Å². The van der Waals surface area contributed by atoms with Crippen LogP contribution in [0.2, 0.25) is 0 Å². The number of nitrogens with one attached hydrogen (secondary N) is 2. The molecule has 0 aliphatic carbocycles. The number of anilines is 1. The van der Waals surface area contributed by atoms with Crippen molar-refractivity contribution < 1.29 is 9.59 Å². The zero-order valence-electron chi connectivity index (χ0n) is 11.8. The number of hydrogen-bond donors (Lipinski definition) is 3. The minimum Gasteiger partial charge on any atom is -0.395 e. The summed E-state index contributed by atoms with van der Waals surface area (Å²) in [5.41, 5.74) is 7.15. The second kappa shape index (κ2) is 6.21. The van der Waals surface area contributed by atoms with Crippen molar-refractivity contribution in [3.05, 3.63) is 11.4 Å². The molecule has 0 spiro atoms. The van der Waals surface area contributed by atoms with E-state index in [-0.39, 0.29) is 36.4 Å². The highest BCUT2D eigenvalue weighted by Gasteiger charge is 2.18. The minimum absolute atomic E-state index is 0.0434. The first kappa shape index (κ1) is 15.0. The molecule has 0 unspecified atom stereocenters. The molecular formula is C12H21N5O2. The van der Waals surface area contributed by atoms with Crippen LogP contribution < -0.4 is 11.1 Å². The van der Waals surface area contributed by atoms with Gasteiger partial charge in [-0.2, -0.15) is 5.10 Å². The van der Waals surface area contributed by atoms with Gasteiger partial charge in [-0.1, -0.05) is 13.8 Å². The molecule has 1 rings (SSSR count). The SMILES string of the molecule is CC(C)c1[nH]nc(C(=O)NCCC(=O)N(C)C)c1N. The maximum absolute atomic E-state index is 11.9. The van der Waals surface area contributed by atoms with Crippen LogP contribution in [0, 0.1) is 0 Å². The molecule has 7 heteroatoms. The first-order valence-corrected chi connectivity index (χ1v) is 6.16. The van der Waals surface area contributed by atoms with Crippen molar-refractivity contribution >= 4 is 17.5 Å². The van der Waals surface area contributed by atoms with Gasteiger partial charge in [-0.05, 0) is 5.92 Å². The van der Waals surface area contributed by atoms with Gasteiger partial charge >= 0.3 is 0 Å². The number of carbonyl (C=O) groups excluding carboxylic acids is 2. The molecule has 0 radical (unpaired) electrons. The van der Waals surface area contributed by atoms with Gasteiger partial charge < -0.3 is 16.0 Å². The zero-order chi connectivity index (χ0) is 14.6. The van der Waals surface area contributed by atoms with Crippen molar-refractivity contribution in [2.24, 2.45) is 0 Å². The maximum atomic E-state index is 11.9. The molecule has 0 bridgehead atoms. The van der Waals surface area contributed by atoms with Crippen molar-refractivity contribution in [1.29, 1.82) is 0 Å². The molecule has 0 aliphatic heterocycles. The molecule has 2 amide bonds. The quantitative estimate of drug-likeness (QED) is 0.714. The van der Waals surface area contributed by atoms with E-state index >= 15 is 0 Å². The third-order valence-electron chi connectivity index (χ3n) is 2.75. The van der Waals surface area contributed by atoms with Crippen LogP contribution in [0.5, 0.6) is 0 Å². The Morgan fingerprint density at radius 2 is 2.05 bits per heavy atom. The van der Waals surface area contributed by atoms with Gasteiger partial charge in [0.1, 0.15) is 0 Å². The average Bonchev–Trinajstić information content (AvgIpc) is 2.70. The standard InChI is InChI=1S/C12H21N5O2/c1-7(2)10-9(13)11(16-15-10)12(19)14-6-5-8(18)17(3)4/h7H,5-6,13H2,1-4H3,(H,14,19)(H,15,16). The number of aromatic amines is 1. The molecule has 106 valence electrons. The lowest BCUT2D eigenvalue weighted by Crippen LogP contribution is -2.30. The van der Waals surface area contributed by atoms with E-state index in [4.69, 9.17) is 5.73 Å². The lowest BCUT2D eigenvalue weighted by atomic mass is 10.1. The van der Waals surface area contributed by atoms with Gasteiger partial charge in [-0.15, -0.1) is 0 Å². The Morgan fingerprint density at radius 3 is 2.53 bits per heavy atom. The molecule has 1 aromatic heterocycles. The molecule has 7 nitrogen and oxygen atoms in total. The van der Waals surface area contributed by atoms with Gasteiger partial charge in [-0.3, -0.25) is 14.7 Å². The number of amides is 2. The first-order chi connectivity index (χ1) is 8.84. The van der Waals surface area contributed by atoms with Gasteiger partial charge in [0.05, 0.1) is 11.4 Å². The van der Waals surface area contributed by atoms with E-state index in [0.29, 0.717) is 5.69 Å². The van der Waals surface area contributed by atoms with Gasteiger partial charge in [0.2, 0.25) is 5.91 Å². The summed E-state index contributed by atoms with van der Waals surface area (Å²) in [5.74, 6) is -0.241. The average molecular weight is 267 g/mol. The van der Waals surface area contributed by atoms with Gasteiger partial charge in [0.15, 0.2) is 5.69 Å². The summed E-state index contributed by atoms with van der Waals surface area (Å²) in [6, 6.07) is 0. The number of H-pyrrole nitrogens is 1. The number of hydrogen-bond acceptors (Lipinski definition) is 4. The molecule has 0 atom stereocenters. The summed E-state index contributed by atoms with van der Waals surface area (Å²) < 4.78 is 0. The minimum atomic E-state index is -0.368. The van der Waals surface area contributed by atoms with Crippen LogP contribution in [-0.2, 0) is 4.79 Å². The smallest absolute Gasteiger partial charge is 0.273 e. The van der Waals surface area contributed by atoms with Gasteiger partial charge in [0.25, 0.3) is 5.91 Å². The third kappa shape index (κ3) is 3.70. The molecule has 1 aromatic rings. The van der Waals surface area contributed by atoms with E-state index in [1.807, 2.05) is 13.8 Å². The lowest BCUT2D eigenvalue weighted by molar-refractivity contribution is -0.128. The van der Waals surface area contributed by atoms with Crippen molar-refractivity contribution in [2.45, 2.75) is 26.2 Å². The summed E-state index contributed by atoms with van der Waals surface area (Å²) in [6.07, 6.45) is 0.250. The predicted molar refractivity (Wildman–Crippen MR) is 72.7 cm³/mol. The number of nitrogen functional groups attached to an aromatic ring is 1. The largest absolute Gasteiger partial charge is 0.395 e. The Hall–Kier alpha value is -2.05. The number of rotatable bonds is 5. The maximum Gasteiger partial charge on any atom is 0.273 e. The van der Waals surface area contributed by atoms with Crippen molar-refractivity contribution in [2.75, 3.05) is 26.4 Å². The lowest BCUT2D eigenvalue weighted by Gasteiger charge is -2.10. The molecule has 0 saturated heterocycles. The number of nitrogens with zero attached hydrogens (tertiary/aromatic N) is 2. The molecule has 0 saturated carbocycles. The summed E-state index contributed by atoms with van der Waals surface area (Å²) >= 11 is 0. The summed E-state index contributed by atoms with van der Waals surface area (Å²) in [7, 11) is 3.34. The van der Waals surface area contributed by atoms with Gasteiger partial charge in [-0.25, -0.2) is 0 Å². The van der Waals surface area contributed by atoms with Crippen molar-refractivity contribution in [1.82, 2.24) is 20.4 Å². The fourth-order valence-corrected chi connectivity index (χ4v) is 1.57. The van der Waals surface area contributed by atoms with Crippen molar-refractivity contribution in [3.8, 4) is 0 Å². The Bertz CT molecular complexity index is 465. The Labute approximate surface area is 112 Å². The van der Waals surface area contributed by atoms with E-state index in [0.717, 1.165) is 5.69 Å². The highest BCUT2D eigenvalue weighted by molar-refractivity contribution is 5.97. The fourth-order valence-electron chi connectivity index (χ4n) is 1.57. The van der Waals surface area contributed by atoms with Crippen LogP contribution in [0.1, 0.15) is 42.4 Å². The van der Waals surface area contributed by atoms with Crippen molar-refractivity contribution in [3.63, 3.8) is 0 Å². The molecule has 0 aromatic carbocycles.